The maximum absolute atomic E-state index is 13.1. The van der Waals surface area contributed by atoms with E-state index in [1.165, 1.54) is 34.8 Å². The van der Waals surface area contributed by atoms with Crippen molar-refractivity contribution >= 4 is 43.8 Å². The van der Waals surface area contributed by atoms with E-state index in [9.17, 15) is 9.18 Å². The SMILES string of the molecule is Cc1nc(NC(=O)c2cc3cc(F)ccc3s2)sc1C. The molecule has 0 aliphatic heterocycles. The first kappa shape index (κ1) is 13.2. The van der Waals surface area contributed by atoms with E-state index in [1.807, 2.05) is 13.8 Å². The summed E-state index contributed by atoms with van der Waals surface area (Å²) in [5.41, 5.74) is 0.920. The van der Waals surface area contributed by atoms with E-state index in [2.05, 4.69) is 10.3 Å². The topological polar surface area (TPSA) is 42.0 Å². The number of thiazole rings is 1. The number of carbonyl (C=O) groups excluding carboxylic acids is 1. The molecule has 3 nitrogen and oxygen atoms in total. The van der Waals surface area contributed by atoms with Gasteiger partial charge in [0, 0.05) is 9.58 Å². The van der Waals surface area contributed by atoms with E-state index in [-0.39, 0.29) is 11.7 Å². The smallest absolute Gasteiger partial charge is 0.267 e. The van der Waals surface area contributed by atoms with E-state index >= 15 is 0 Å². The second kappa shape index (κ2) is 4.96. The Kier molecular flexibility index (Phi) is 3.27. The van der Waals surface area contributed by atoms with Gasteiger partial charge in [0.2, 0.25) is 0 Å². The molecule has 0 aliphatic carbocycles. The number of benzene rings is 1. The number of halogens is 1. The summed E-state index contributed by atoms with van der Waals surface area (Å²) in [6, 6.07) is 6.21. The Bertz CT molecular complexity index is 787. The van der Waals surface area contributed by atoms with Crippen molar-refractivity contribution in [2.75, 3.05) is 5.32 Å². The standard InChI is InChI=1S/C14H11FN2OS2/c1-7-8(2)19-14(16-7)17-13(18)12-6-9-5-10(15)3-4-11(9)20-12/h3-6H,1-2H3,(H,16,17,18). The van der Waals surface area contributed by atoms with Crippen molar-refractivity contribution in [1.29, 1.82) is 0 Å². The predicted octanol–water partition coefficient (Wildman–Crippen LogP) is 4.37. The summed E-state index contributed by atoms with van der Waals surface area (Å²) in [4.78, 5) is 18.1. The van der Waals surface area contributed by atoms with Gasteiger partial charge in [-0.2, -0.15) is 0 Å². The number of hydrogen-bond acceptors (Lipinski definition) is 4. The third kappa shape index (κ3) is 2.44. The number of nitrogens with zero attached hydrogens (tertiary/aromatic N) is 1. The van der Waals surface area contributed by atoms with Crippen LogP contribution in [-0.4, -0.2) is 10.9 Å². The zero-order valence-electron chi connectivity index (χ0n) is 10.9. The Morgan fingerprint density at radius 1 is 1.25 bits per heavy atom. The largest absolute Gasteiger partial charge is 0.297 e. The quantitative estimate of drug-likeness (QED) is 0.764. The Labute approximate surface area is 123 Å². The Morgan fingerprint density at radius 3 is 2.75 bits per heavy atom. The van der Waals surface area contributed by atoms with E-state index in [1.54, 1.807) is 12.1 Å². The molecule has 0 saturated carbocycles. The minimum absolute atomic E-state index is 0.208. The molecule has 0 saturated heterocycles. The highest BCUT2D eigenvalue weighted by Gasteiger charge is 2.13. The highest BCUT2D eigenvalue weighted by molar-refractivity contribution is 7.21. The van der Waals surface area contributed by atoms with Gasteiger partial charge in [-0.05, 0) is 43.5 Å². The van der Waals surface area contributed by atoms with Crippen LogP contribution in [0.1, 0.15) is 20.2 Å². The van der Waals surface area contributed by atoms with Crippen molar-refractivity contribution in [2.45, 2.75) is 13.8 Å². The van der Waals surface area contributed by atoms with E-state index in [4.69, 9.17) is 0 Å². The third-order valence-electron chi connectivity index (χ3n) is 2.95. The van der Waals surface area contributed by atoms with Gasteiger partial charge in [-0.1, -0.05) is 0 Å². The maximum atomic E-state index is 13.1. The number of nitrogens with one attached hydrogen (secondary N) is 1. The van der Waals surface area contributed by atoms with Crippen LogP contribution in [0, 0.1) is 19.7 Å². The number of carbonyl (C=O) groups is 1. The zero-order valence-corrected chi connectivity index (χ0v) is 12.5. The lowest BCUT2D eigenvalue weighted by molar-refractivity contribution is 0.103. The van der Waals surface area contributed by atoms with Crippen molar-refractivity contribution in [3.63, 3.8) is 0 Å². The average molecular weight is 306 g/mol. The molecule has 1 amide bonds. The van der Waals surface area contributed by atoms with Crippen LogP contribution >= 0.6 is 22.7 Å². The Balaban J connectivity index is 1.88. The molecule has 2 aromatic heterocycles. The molecule has 3 aromatic rings. The molecule has 20 heavy (non-hydrogen) atoms. The number of aromatic nitrogens is 1. The van der Waals surface area contributed by atoms with Crippen molar-refractivity contribution in [3.05, 3.63) is 45.5 Å². The number of thiophene rings is 1. The number of aryl methyl sites for hydroxylation is 2. The van der Waals surface area contributed by atoms with Gasteiger partial charge in [-0.15, -0.1) is 22.7 Å². The van der Waals surface area contributed by atoms with Crippen molar-refractivity contribution < 1.29 is 9.18 Å². The molecule has 0 spiro atoms. The van der Waals surface area contributed by atoms with Crippen LogP contribution in [-0.2, 0) is 0 Å². The first-order valence-electron chi connectivity index (χ1n) is 5.97. The van der Waals surface area contributed by atoms with Gasteiger partial charge in [-0.25, -0.2) is 9.37 Å². The minimum atomic E-state index is -0.298. The van der Waals surface area contributed by atoms with Gasteiger partial charge in [0.05, 0.1) is 10.6 Å². The monoisotopic (exact) mass is 306 g/mol. The van der Waals surface area contributed by atoms with Crippen molar-refractivity contribution in [1.82, 2.24) is 4.98 Å². The molecule has 6 heteroatoms. The average Bonchev–Trinajstić information content (AvgIpc) is 2.93. The number of rotatable bonds is 2. The number of fused-ring (bicyclic) bond motifs is 1. The summed E-state index contributed by atoms with van der Waals surface area (Å²) in [5.74, 6) is -0.506. The lowest BCUT2D eigenvalue weighted by atomic mass is 10.2. The number of hydrogen-bond donors (Lipinski definition) is 1. The molecule has 0 unspecified atom stereocenters. The molecule has 3 rings (SSSR count). The highest BCUT2D eigenvalue weighted by Crippen LogP contribution is 2.28. The van der Waals surface area contributed by atoms with Gasteiger partial charge in [0.1, 0.15) is 5.82 Å². The highest BCUT2D eigenvalue weighted by atomic mass is 32.1. The van der Waals surface area contributed by atoms with Crippen LogP contribution in [0.3, 0.4) is 0 Å². The fourth-order valence-corrected chi connectivity index (χ4v) is 3.56. The summed E-state index contributed by atoms with van der Waals surface area (Å²) in [6.07, 6.45) is 0. The summed E-state index contributed by atoms with van der Waals surface area (Å²) in [7, 11) is 0. The Hall–Kier alpha value is -1.79. The lowest BCUT2D eigenvalue weighted by Gasteiger charge is -1.97. The van der Waals surface area contributed by atoms with Gasteiger partial charge < -0.3 is 0 Å². The maximum Gasteiger partial charge on any atom is 0.267 e. The molecule has 0 bridgehead atoms. The van der Waals surface area contributed by atoms with Crippen LogP contribution in [0.2, 0.25) is 0 Å². The van der Waals surface area contributed by atoms with Crippen LogP contribution in [0.4, 0.5) is 9.52 Å². The summed E-state index contributed by atoms with van der Waals surface area (Å²) in [5, 5.41) is 4.11. The molecule has 0 aliphatic rings. The number of anilines is 1. The summed E-state index contributed by atoms with van der Waals surface area (Å²) >= 11 is 2.79. The number of amides is 1. The summed E-state index contributed by atoms with van der Waals surface area (Å²) < 4.78 is 14.0. The van der Waals surface area contributed by atoms with Crippen LogP contribution in [0.15, 0.2) is 24.3 Å². The molecule has 2 heterocycles. The molecular formula is C14H11FN2OS2. The third-order valence-corrected chi connectivity index (χ3v) is 5.05. The second-order valence-electron chi connectivity index (χ2n) is 4.41. The van der Waals surface area contributed by atoms with Crippen LogP contribution in [0.5, 0.6) is 0 Å². The fraction of sp³-hybridized carbons (Fsp3) is 0.143. The van der Waals surface area contributed by atoms with E-state index in [0.717, 1.165) is 20.7 Å². The molecular weight excluding hydrogens is 295 g/mol. The molecule has 0 fully saturated rings. The summed E-state index contributed by atoms with van der Waals surface area (Å²) in [6.45, 7) is 3.87. The zero-order chi connectivity index (χ0) is 14.3. The Morgan fingerprint density at radius 2 is 2.05 bits per heavy atom. The first-order valence-corrected chi connectivity index (χ1v) is 7.61. The van der Waals surface area contributed by atoms with Crippen molar-refractivity contribution in [2.24, 2.45) is 0 Å². The predicted molar refractivity (Wildman–Crippen MR) is 81.3 cm³/mol. The molecule has 102 valence electrons. The molecule has 0 radical (unpaired) electrons. The normalized spacial score (nSPS) is 10.9. The van der Waals surface area contributed by atoms with E-state index < -0.39 is 0 Å². The lowest BCUT2D eigenvalue weighted by Crippen LogP contribution is -2.09. The van der Waals surface area contributed by atoms with Gasteiger partial charge in [-0.3, -0.25) is 10.1 Å². The molecule has 1 N–H and O–H groups in total. The fourth-order valence-electron chi connectivity index (χ4n) is 1.81. The van der Waals surface area contributed by atoms with Crippen molar-refractivity contribution in [3.8, 4) is 0 Å². The van der Waals surface area contributed by atoms with Crippen LogP contribution in [0.25, 0.3) is 10.1 Å². The van der Waals surface area contributed by atoms with Gasteiger partial charge in [0.15, 0.2) is 5.13 Å². The van der Waals surface area contributed by atoms with Crippen LogP contribution < -0.4 is 5.32 Å². The molecule has 1 aromatic carbocycles. The molecule has 0 atom stereocenters. The second-order valence-corrected chi connectivity index (χ2v) is 6.69. The minimum Gasteiger partial charge on any atom is -0.297 e. The van der Waals surface area contributed by atoms with Gasteiger partial charge >= 0.3 is 0 Å². The first-order chi connectivity index (χ1) is 9.52. The van der Waals surface area contributed by atoms with Gasteiger partial charge in [0.25, 0.3) is 5.91 Å². The van der Waals surface area contributed by atoms with E-state index in [0.29, 0.717) is 10.0 Å².